The number of aromatic amines is 1. The van der Waals surface area contributed by atoms with Gasteiger partial charge in [0, 0.05) is 41.6 Å². The monoisotopic (exact) mass is 576 g/mol. The zero-order valence-electron chi connectivity index (χ0n) is 25.1. The van der Waals surface area contributed by atoms with Gasteiger partial charge in [0.15, 0.2) is 0 Å². The molecule has 0 radical (unpaired) electrons. The quantitative estimate of drug-likeness (QED) is 0.424. The highest BCUT2D eigenvalue weighted by molar-refractivity contribution is 6.00. The lowest BCUT2D eigenvalue weighted by Crippen LogP contribution is -3.15. The number of fused-ring (bicyclic) bond motifs is 5. The average Bonchev–Trinajstić information content (AvgIpc) is 3.65. The summed E-state index contributed by atoms with van der Waals surface area (Å²) in [5, 5.41) is 16.4. The van der Waals surface area contributed by atoms with Gasteiger partial charge in [0.25, 0.3) is 11.8 Å². The van der Waals surface area contributed by atoms with Crippen molar-refractivity contribution in [2.75, 3.05) is 20.1 Å². The fourth-order valence-corrected chi connectivity index (χ4v) is 8.24. The molecular weight excluding hydrogens is 534 g/mol. The van der Waals surface area contributed by atoms with E-state index in [1.807, 2.05) is 33.8 Å². The van der Waals surface area contributed by atoms with Crippen LogP contribution in [0.4, 0.5) is 0 Å². The van der Waals surface area contributed by atoms with Gasteiger partial charge in [-0.2, -0.15) is 0 Å². The first-order valence-electron chi connectivity index (χ1n) is 15.5. The Bertz CT molecular complexity index is 1510. The molecule has 1 aromatic carbocycles. The van der Waals surface area contributed by atoms with Gasteiger partial charge in [0.2, 0.25) is 17.5 Å². The molecule has 3 amide bonds. The van der Waals surface area contributed by atoms with Gasteiger partial charge in [-0.1, -0.05) is 45.9 Å². The van der Waals surface area contributed by atoms with Crippen LogP contribution >= 0.6 is 0 Å². The maximum Gasteiger partial charge on any atom is 0.281 e. The van der Waals surface area contributed by atoms with Crippen LogP contribution in [0.25, 0.3) is 16.5 Å². The fourth-order valence-electron chi connectivity index (χ4n) is 8.24. The molecule has 10 nitrogen and oxygen atoms in total. The minimum atomic E-state index is -2.00. The van der Waals surface area contributed by atoms with Crippen molar-refractivity contribution in [3.63, 3.8) is 0 Å². The molecule has 224 valence electrons. The van der Waals surface area contributed by atoms with E-state index in [4.69, 9.17) is 4.74 Å². The summed E-state index contributed by atoms with van der Waals surface area (Å²) >= 11 is 0. The molecular formula is C32H42N5O5+. The number of ether oxygens (including phenoxy) is 1. The number of carbonyl (C=O) groups is 3. The molecule has 1 aliphatic carbocycles. The zero-order chi connectivity index (χ0) is 29.7. The lowest BCUT2D eigenvalue weighted by Gasteiger charge is -2.49. The van der Waals surface area contributed by atoms with E-state index in [2.05, 4.69) is 41.8 Å². The van der Waals surface area contributed by atoms with Crippen LogP contribution in [-0.2, 0) is 25.5 Å². The molecule has 2 aromatic rings. The molecule has 10 heteroatoms. The molecule has 4 N–H and O–H groups in total. The number of H-pyrrole nitrogens is 1. The normalized spacial score (nSPS) is 35.5. The number of amides is 3. The molecule has 3 saturated heterocycles. The molecule has 5 heterocycles. The minimum Gasteiger partial charge on any atom is -0.361 e. The summed E-state index contributed by atoms with van der Waals surface area (Å²) in [5.74, 6) is -3.88. The summed E-state index contributed by atoms with van der Waals surface area (Å²) in [5.41, 5.74) is 2.89. The maximum absolute atomic E-state index is 14.4. The van der Waals surface area contributed by atoms with Crippen molar-refractivity contribution in [1.29, 1.82) is 0 Å². The predicted octanol–water partition coefficient (Wildman–Crippen LogP) is 1.01. The van der Waals surface area contributed by atoms with E-state index in [0.717, 1.165) is 29.5 Å². The van der Waals surface area contributed by atoms with E-state index in [9.17, 15) is 19.5 Å². The molecule has 1 aromatic heterocycles. The highest BCUT2D eigenvalue weighted by Crippen LogP contribution is 2.48. The summed E-state index contributed by atoms with van der Waals surface area (Å²) in [4.78, 5) is 49.7. The fraction of sp³-hybridized carbons (Fsp3) is 0.594. The molecule has 1 unspecified atom stereocenters. The van der Waals surface area contributed by atoms with Gasteiger partial charge >= 0.3 is 0 Å². The molecule has 0 saturated carbocycles. The van der Waals surface area contributed by atoms with Crippen molar-refractivity contribution in [2.45, 2.75) is 83.1 Å². The first-order valence-corrected chi connectivity index (χ1v) is 15.5. The third kappa shape index (κ3) is 3.70. The Labute approximate surface area is 246 Å². The van der Waals surface area contributed by atoms with Crippen LogP contribution in [0.5, 0.6) is 0 Å². The van der Waals surface area contributed by atoms with Crippen LogP contribution in [0.3, 0.4) is 0 Å². The number of aromatic nitrogens is 1. The van der Waals surface area contributed by atoms with Gasteiger partial charge in [0.1, 0.15) is 24.0 Å². The molecule has 0 bridgehead atoms. The van der Waals surface area contributed by atoms with Crippen LogP contribution < -0.4 is 10.2 Å². The topological polar surface area (TPSA) is 119 Å². The Hall–Kier alpha value is -3.21. The summed E-state index contributed by atoms with van der Waals surface area (Å²) in [6.07, 6.45) is 6.70. The number of nitrogens with zero attached hydrogens (tertiary/aromatic N) is 2. The van der Waals surface area contributed by atoms with Crippen LogP contribution in [0.15, 0.2) is 30.5 Å². The van der Waals surface area contributed by atoms with Crippen LogP contribution in [0.1, 0.15) is 58.1 Å². The van der Waals surface area contributed by atoms with E-state index in [0.29, 0.717) is 25.9 Å². The lowest BCUT2D eigenvalue weighted by molar-refractivity contribution is -0.900. The molecule has 5 aliphatic rings. The third-order valence-electron chi connectivity index (χ3n) is 10.3. The number of carbonyl (C=O) groups excluding carboxylic acids is 3. The average molecular weight is 577 g/mol. The van der Waals surface area contributed by atoms with E-state index in [1.165, 1.54) is 20.7 Å². The summed E-state index contributed by atoms with van der Waals surface area (Å²) in [6, 6.07) is 4.96. The number of hydrogen-bond acceptors (Lipinski definition) is 5. The zero-order valence-corrected chi connectivity index (χ0v) is 25.1. The Morgan fingerprint density at radius 2 is 2.05 bits per heavy atom. The highest BCUT2D eigenvalue weighted by atomic mass is 16.7. The first-order chi connectivity index (χ1) is 20.0. The smallest absolute Gasteiger partial charge is 0.281 e. The molecule has 4 aliphatic heterocycles. The van der Waals surface area contributed by atoms with Crippen LogP contribution in [-0.4, -0.2) is 87.5 Å². The Morgan fingerprint density at radius 3 is 2.79 bits per heavy atom. The number of hydrogen-bond donors (Lipinski definition) is 4. The second-order valence-corrected chi connectivity index (χ2v) is 13.7. The van der Waals surface area contributed by atoms with Gasteiger partial charge < -0.3 is 25.2 Å². The number of aliphatic hydroxyl groups is 1. The molecule has 42 heavy (non-hydrogen) atoms. The summed E-state index contributed by atoms with van der Waals surface area (Å²) in [7, 11) is 2.12. The lowest BCUT2D eigenvalue weighted by atomic mass is 9.79. The molecule has 3 fully saturated rings. The van der Waals surface area contributed by atoms with Crippen molar-refractivity contribution >= 4 is 34.2 Å². The van der Waals surface area contributed by atoms with E-state index >= 15 is 0 Å². The van der Waals surface area contributed by atoms with Crippen molar-refractivity contribution in [2.24, 2.45) is 17.8 Å². The number of likely N-dealkylation sites (N-methyl/N-ethyl adjacent to an activating group) is 1. The van der Waals surface area contributed by atoms with Crippen LogP contribution in [0, 0.1) is 17.8 Å². The second-order valence-electron chi connectivity index (χ2n) is 13.7. The molecule has 0 spiro atoms. The van der Waals surface area contributed by atoms with Crippen molar-refractivity contribution in [3.8, 4) is 0 Å². The van der Waals surface area contributed by atoms with E-state index < -0.39 is 41.5 Å². The standard InChI is InChI=1S/C32H41N5O5/c1-17(2)12-25-29(39)36-11-7-10-26(36)32(41)37(25)30(40)31(42-32,18(3)4)34-28(38)20-13-22-21-8-6-9-23-27(21)19(15-33-23)14-24(22)35(5)16-20/h6,8-9,13,15,17-18,20,24-26,33,41H,7,10-12,14,16H2,1-5H3,(H,34,38)/p+1/t20-,24+,25-,26-,31-,32+/m0/s1. The summed E-state index contributed by atoms with van der Waals surface area (Å²) in [6.45, 7) is 8.70. The van der Waals surface area contributed by atoms with Gasteiger partial charge in [-0.05, 0) is 42.4 Å². The van der Waals surface area contributed by atoms with E-state index in [-0.39, 0.29) is 23.8 Å². The highest BCUT2D eigenvalue weighted by Gasteiger charge is 2.72. The number of benzene rings is 1. The molecule has 7 atom stereocenters. The minimum absolute atomic E-state index is 0.111. The molecule has 7 rings (SSSR count). The maximum atomic E-state index is 14.4. The number of rotatable bonds is 5. The largest absolute Gasteiger partial charge is 0.361 e. The van der Waals surface area contributed by atoms with Crippen LogP contribution in [0.2, 0.25) is 0 Å². The van der Waals surface area contributed by atoms with Gasteiger partial charge in [0.05, 0.1) is 13.6 Å². The number of nitrogens with one attached hydrogen (secondary N) is 3. The second kappa shape index (κ2) is 9.39. The number of piperazine rings is 1. The van der Waals surface area contributed by atoms with Gasteiger partial charge in [-0.3, -0.25) is 24.0 Å². The number of quaternary nitrogens is 1. The van der Waals surface area contributed by atoms with Gasteiger partial charge in [-0.15, -0.1) is 0 Å². The summed E-state index contributed by atoms with van der Waals surface area (Å²) < 4.78 is 6.44. The van der Waals surface area contributed by atoms with Crippen molar-refractivity contribution in [3.05, 3.63) is 41.6 Å². The van der Waals surface area contributed by atoms with E-state index in [1.54, 1.807) is 4.90 Å². The Balaban J connectivity index is 1.24. The SMILES string of the molecule is CC(C)C[C@H]1C(=O)N2CCC[C@H]2[C@@]2(O)O[C@@](NC(=O)[C@H]3C=C4c5cccc6[nH]cc(c56)C[C@H]4[NH+](C)C3)(C(C)C)C(=O)N12. The van der Waals surface area contributed by atoms with Crippen molar-refractivity contribution in [1.82, 2.24) is 20.1 Å². The van der Waals surface area contributed by atoms with Gasteiger partial charge in [-0.25, -0.2) is 0 Å². The third-order valence-corrected chi connectivity index (χ3v) is 10.3. The predicted molar refractivity (Wildman–Crippen MR) is 156 cm³/mol. The first kappa shape index (κ1) is 27.6. The Kier molecular flexibility index (Phi) is 6.18. The van der Waals surface area contributed by atoms with Crippen molar-refractivity contribution < 1.29 is 29.1 Å². The Morgan fingerprint density at radius 1 is 1.26 bits per heavy atom.